The Hall–Kier alpha value is -0.410. The summed E-state index contributed by atoms with van der Waals surface area (Å²) >= 11 is 1.81. The molecule has 3 heteroatoms. The first-order valence-electron chi connectivity index (χ1n) is 4.71. The fourth-order valence-electron chi connectivity index (χ4n) is 1.31. The Morgan fingerprint density at radius 2 is 2.23 bits per heavy atom. The van der Waals surface area contributed by atoms with Gasteiger partial charge >= 0.3 is 0 Å². The maximum atomic E-state index is 4.09. The van der Waals surface area contributed by atoms with E-state index in [0.717, 1.165) is 31.9 Å². The van der Waals surface area contributed by atoms with Crippen LogP contribution in [0.2, 0.25) is 0 Å². The summed E-state index contributed by atoms with van der Waals surface area (Å²) in [5, 5.41) is 5.45. The van der Waals surface area contributed by atoms with Crippen molar-refractivity contribution in [3.05, 3.63) is 23.8 Å². The van der Waals surface area contributed by atoms with Crippen LogP contribution < -0.4 is 5.32 Å². The minimum absolute atomic E-state index is 1.02. The lowest BCUT2D eigenvalue weighted by molar-refractivity contribution is 0.302. The maximum absolute atomic E-state index is 4.09. The highest BCUT2D eigenvalue weighted by Gasteiger charge is 2.10. The molecule has 0 unspecified atom stereocenters. The topological polar surface area (TPSA) is 15.3 Å². The highest BCUT2D eigenvalue weighted by atomic mass is 32.2. The zero-order chi connectivity index (χ0) is 9.52. The molecule has 0 aromatic carbocycles. The minimum Gasteiger partial charge on any atom is -0.372 e. The molecule has 1 aliphatic rings. The van der Waals surface area contributed by atoms with Crippen molar-refractivity contribution in [2.45, 2.75) is 6.92 Å². The van der Waals surface area contributed by atoms with Gasteiger partial charge in [0.2, 0.25) is 0 Å². The molecule has 1 aliphatic heterocycles. The van der Waals surface area contributed by atoms with Gasteiger partial charge in [0, 0.05) is 37.6 Å². The van der Waals surface area contributed by atoms with Gasteiger partial charge in [-0.1, -0.05) is 12.7 Å². The van der Waals surface area contributed by atoms with E-state index in [9.17, 15) is 0 Å². The summed E-state index contributed by atoms with van der Waals surface area (Å²) in [6.07, 6.45) is 2.07. The SMILES string of the molecule is C=C(CS/C=C\C)N1CCNCC1. The molecule has 13 heavy (non-hydrogen) atoms. The molecule has 0 radical (unpaired) electrons. The van der Waals surface area contributed by atoms with Gasteiger partial charge in [0.25, 0.3) is 0 Å². The Labute approximate surface area is 85.1 Å². The molecule has 0 aromatic rings. The molecule has 0 spiro atoms. The van der Waals surface area contributed by atoms with E-state index in [-0.39, 0.29) is 0 Å². The lowest BCUT2D eigenvalue weighted by atomic mass is 10.3. The molecule has 1 N–H and O–H groups in total. The second-order valence-corrected chi connectivity index (χ2v) is 3.98. The van der Waals surface area contributed by atoms with Gasteiger partial charge in [-0.25, -0.2) is 0 Å². The van der Waals surface area contributed by atoms with Gasteiger partial charge in [-0.3, -0.25) is 0 Å². The Bertz CT molecular complexity index is 183. The van der Waals surface area contributed by atoms with Crippen LogP contribution in [0.3, 0.4) is 0 Å². The first-order valence-corrected chi connectivity index (χ1v) is 5.75. The average molecular weight is 198 g/mol. The van der Waals surface area contributed by atoms with Gasteiger partial charge in [0.1, 0.15) is 0 Å². The number of hydrogen-bond acceptors (Lipinski definition) is 3. The van der Waals surface area contributed by atoms with Crippen LogP contribution in [0.1, 0.15) is 6.92 Å². The van der Waals surface area contributed by atoms with Gasteiger partial charge in [-0.05, 0) is 12.3 Å². The highest BCUT2D eigenvalue weighted by Crippen LogP contribution is 2.12. The normalized spacial score (nSPS) is 18.1. The smallest absolute Gasteiger partial charge is 0.0370 e. The summed E-state index contributed by atoms with van der Waals surface area (Å²) in [5.41, 5.74) is 1.25. The van der Waals surface area contributed by atoms with E-state index < -0.39 is 0 Å². The van der Waals surface area contributed by atoms with Crippen LogP contribution in [-0.4, -0.2) is 36.8 Å². The largest absolute Gasteiger partial charge is 0.372 e. The van der Waals surface area contributed by atoms with Gasteiger partial charge in [0.15, 0.2) is 0 Å². The summed E-state index contributed by atoms with van der Waals surface area (Å²) in [4.78, 5) is 2.37. The molecule has 0 atom stereocenters. The molecule has 2 nitrogen and oxygen atoms in total. The lowest BCUT2D eigenvalue weighted by Gasteiger charge is -2.30. The zero-order valence-corrected chi connectivity index (χ0v) is 9.07. The molecular weight excluding hydrogens is 180 g/mol. The summed E-state index contributed by atoms with van der Waals surface area (Å²) in [6, 6.07) is 0. The third-order valence-corrected chi connectivity index (χ3v) is 3.01. The van der Waals surface area contributed by atoms with E-state index >= 15 is 0 Å². The molecule has 0 bridgehead atoms. The zero-order valence-electron chi connectivity index (χ0n) is 8.25. The Balaban J connectivity index is 2.21. The van der Waals surface area contributed by atoms with Crippen molar-refractivity contribution < 1.29 is 0 Å². The van der Waals surface area contributed by atoms with Crippen molar-refractivity contribution in [1.82, 2.24) is 10.2 Å². The van der Waals surface area contributed by atoms with E-state index in [1.165, 1.54) is 5.70 Å². The summed E-state index contributed by atoms with van der Waals surface area (Å²) in [6.45, 7) is 10.5. The summed E-state index contributed by atoms with van der Waals surface area (Å²) in [5.74, 6) is 1.02. The van der Waals surface area contributed by atoms with Crippen LogP contribution in [0, 0.1) is 0 Å². The monoisotopic (exact) mass is 198 g/mol. The highest BCUT2D eigenvalue weighted by molar-refractivity contribution is 8.02. The summed E-state index contributed by atoms with van der Waals surface area (Å²) in [7, 11) is 0. The molecule has 74 valence electrons. The molecule has 0 saturated carbocycles. The molecule has 1 fully saturated rings. The van der Waals surface area contributed by atoms with Crippen molar-refractivity contribution in [1.29, 1.82) is 0 Å². The first-order chi connectivity index (χ1) is 6.34. The Morgan fingerprint density at radius 3 is 2.85 bits per heavy atom. The predicted molar refractivity (Wildman–Crippen MR) is 60.9 cm³/mol. The van der Waals surface area contributed by atoms with Gasteiger partial charge in [-0.15, -0.1) is 11.8 Å². The summed E-state index contributed by atoms with van der Waals surface area (Å²) < 4.78 is 0. The van der Waals surface area contributed by atoms with Gasteiger partial charge in [-0.2, -0.15) is 0 Å². The number of hydrogen-bond donors (Lipinski definition) is 1. The second-order valence-electron chi connectivity index (χ2n) is 3.08. The molecule has 1 rings (SSSR count). The minimum atomic E-state index is 1.02. The second kappa shape index (κ2) is 6.11. The van der Waals surface area contributed by atoms with Crippen LogP contribution in [0.25, 0.3) is 0 Å². The molecule has 0 aromatic heterocycles. The van der Waals surface area contributed by atoms with Crippen molar-refractivity contribution in [3.8, 4) is 0 Å². The van der Waals surface area contributed by atoms with Gasteiger partial charge in [0.05, 0.1) is 0 Å². The molecule has 1 saturated heterocycles. The van der Waals surface area contributed by atoms with Crippen LogP contribution in [-0.2, 0) is 0 Å². The molecule has 1 heterocycles. The number of piperazine rings is 1. The Morgan fingerprint density at radius 1 is 1.54 bits per heavy atom. The number of rotatable bonds is 4. The van der Waals surface area contributed by atoms with Crippen LogP contribution >= 0.6 is 11.8 Å². The fourth-order valence-corrected chi connectivity index (χ4v) is 1.98. The third-order valence-electron chi connectivity index (χ3n) is 2.05. The lowest BCUT2D eigenvalue weighted by Crippen LogP contribution is -2.43. The predicted octanol–water partition coefficient (Wildman–Crippen LogP) is 1.67. The number of allylic oxidation sites excluding steroid dienone is 1. The third kappa shape index (κ3) is 3.87. The maximum Gasteiger partial charge on any atom is 0.0370 e. The molecular formula is C10H18N2S. The van der Waals surface area contributed by atoms with Crippen LogP contribution in [0.4, 0.5) is 0 Å². The number of nitrogens with one attached hydrogen (secondary N) is 1. The van der Waals surface area contributed by atoms with E-state index in [0.29, 0.717) is 0 Å². The van der Waals surface area contributed by atoms with Crippen molar-refractivity contribution in [3.63, 3.8) is 0 Å². The van der Waals surface area contributed by atoms with Crippen LogP contribution in [0.5, 0.6) is 0 Å². The van der Waals surface area contributed by atoms with E-state index in [2.05, 4.69) is 28.3 Å². The van der Waals surface area contributed by atoms with Gasteiger partial charge < -0.3 is 10.2 Å². The number of thioether (sulfide) groups is 1. The standard InChI is InChI=1S/C10H18N2S/c1-3-8-13-9-10(2)12-6-4-11-5-7-12/h3,8,11H,2,4-7,9H2,1H3/b8-3-. The van der Waals surface area contributed by atoms with E-state index in [1.807, 2.05) is 18.7 Å². The quantitative estimate of drug-likeness (QED) is 0.740. The van der Waals surface area contributed by atoms with E-state index in [4.69, 9.17) is 0 Å². The molecule has 0 aliphatic carbocycles. The average Bonchev–Trinajstić information content (AvgIpc) is 2.19. The van der Waals surface area contributed by atoms with Crippen molar-refractivity contribution >= 4 is 11.8 Å². The number of nitrogens with zero attached hydrogens (tertiary/aromatic N) is 1. The van der Waals surface area contributed by atoms with Crippen LogP contribution in [0.15, 0.2) is 23.8 Å². The van der Waals surface area contributed by atoms with Crippen molar-refractivity contribution in [2.24, 2.45) is 0 Å². The molecule has 0 amide bonds. The fraction of sp³-hybridized carbons (Fsp3) is 0.600. The first kappa shape index (κ1) is 10.7. The van der Waals surface area contributed by atoms with E-state index in [1.54, 1.807) is 0 Å². The van der Waals surface area contributed by atoms with Crippen molar-refractivity contribution in [2.75, 3.05) is 31.9 Å². The Kier molecular flexibility index (Phi) is 5.01.